The highest BCUT2D eigenvalue weighted by Gasteiger charge is 2.32. The van der Waals surface area contributed by atoms with Gasteiger partial charge < -0.3 is 5.73 Å². The number of nitrogens with one attached hydrogen (secondary N) is 1. The molecule has 0 atom stereocenters. The Kier molecular flexibility index (Phi) is 2.03. The van der Waals surface area contributed by atoms with Crippen LogP contribution in [0.4, 0.5) is 5.82 Å². The number of nitrogen functional groups attached to an aromatic ring is 1. The number of hydrogen-bond acceptors (Lipinski definition) is 2. The van der Waals surface area contributed by atoms with Crippen LogP contribution < -0.4 is 5.73 Å². The van der Waals surface area contributed by atoms with Crippen molar-refractivity contribution in [1.29, 1.82) is 0 Å². The van der Waals surface area contributed by atoms with E-state index in [1.54, 1.807) is 0 Å². The van der Waals surface area contributed by atoms with E-state index in [1.807, 2.05) is 0 Å². The molecule has 3 rings (SSSR count). The third-order valence-electron chi connectivity index (χ3n) is 3.56. The molecule has 1 heterocycles. The summed E-state index contributed by atoms with van der Waals surface area (Å²) in [6.07, 6.45) is 2.62. The molecule has 3 heteroatoms. The number of fused-ring (bicyclic) bond motifs is 1. The highest BCUT2D eigenvalue weighted by molar-refractivity contribution is 5.93. The van der Waals surface area contributed by atoms with Gasteiger partial charge in [-0.1, -0.05) is 26.8 Å². The topological polar surface area (TPSA) is 54.7 Å². The molecule has 3 nitrogen and oxygen atoms in total. The zero-order valence-electron chi connectivity index (χ0n) is 10.7. The van der Waals surface area contributed by atoms with Gasteiger partial charge in [0.25, 0.3) is 0 Å². The summed E-state index contributed by atoms with van der Waals surface area (Å²) in [5.74, 6) is 1.37. The first kappa shape index (κ1) is 10.6. The van der Waals surface area contributed by atoms with Crippen LogP contribution >= 0.6 is 0 Å². The summed E-state index contributed by atoms with van der Waals surface area (Å²) >= 11 is 0. The first-order valence-electron chi connectivity index (χ1n) is 6.25. The van der Waals surface area contributed by atoms with E-state index in [4.69, 9.17) is 5.73 Å². The second-order valence-corrected chi connectivity index (χ2v) is 6.09. The summed E-state index contributed by atoms with van der Waals surface area (Å²) in [5.41, 5.74) is 10.0. The molecule has 1 fully saturated rings. The molecule has 2 aromatic rings. The van der Waals surface area contributed by atoms with Gasteiger partial charge in [-0.25, -0.2) is 0 Å². The fourth-order valence-corrected chi connectivity index (χ4v) is 2.70. The Morgan fingerprint density at radius 3 is 2.59 bits per heavy atom. The van der Waals surface area contributed by atoms with Crippen LogP contribution in [0.25, 0.3) is 10.9 Å². The molecule has 90 valence electrons. The third kappa shape index (κ3) is 1.61. The molecule has 0 bridgehead atoms. The smallest absolute Gasteiger partial charge is 0.153 e. The van der Waals surface area contributed by atoms with E-state index >= 15 is 0 Å². The van der Waals surface area contributed by atoms with Gasteiger partial charge in [0.05, 0.1) is 5.52 Å². The Labute approximate surface area is 101 Å². The number of rotatable bonds is 1. The number of aromatic nitrogens is 2. The molecule has 17 heavy (non-hydrogen) atoms. The number of nitrogens with zero attached hydrogens (tertiary/aromatic N) is 1. The second kappa shape index (κ2) is 3.25. The summed E-state index contributed by atoms with van der Waals surface area (Å²) in [6.45, 7) is 6.75. The van der Waals surface area contributed by atoms with Crippen molar-refractivity contribution >= 4 is 16.7 Å². The largest absolute Gasteiger partial charge is 0.382 e. The van der Waals surface area contributed by atoms with E-state index in [2.05, 4.69) is 43.1 Å². The van der Waals surface area contributed by atoms with Crippen LogP contribution in [-0.4, -0.2) is 10.2 Å². The molecule has 0 aliphatic heterocycles. The number of H-pyrrole nitrogens is 1. The number of aromatic amines is 1. The van der Waals surface area contributed by atoms with Crippen LogP contribution in [0.3, 0.4) is 0 Å². The minimum Gasteiger partial charge on any atom is -0.382 e. The zero-order chi connectivity index (χ0) is 12.2. The molecule has 1 aliphatic rings. The molecule has 0 radical (unpaired) electrons. The van der Waals surface area contributed by atoms with Gasteiger partial charge in [-0.3, -0.25) is 5.10 Å². The summed E-state index contributed by atoms with van der Waals surface area (Å²) in [7, 11) is 0. The monoisotopic (exact) mass is 229 g/mol. The van der Waals surface area contributed by atoms with Gasteiger partial charge in [0, 0.05) is 5.39 Å². The number of hydrogen-bond donors (Lipinski definition) is 2. The van der Waals surface area contributed by atoms with Gasteiger partial charge >= 0.3 is 0 Å². The molecule has 0 spiro atoms. The lowest BCUT2D eigenvalue weighted by Crippen LogP contribution is -2.15. The second-order valence-electron chi connectivity index (χ2n) is 6.09. The van der Waals surface area contributed by atoms with E-state index in [-0.39, 0.29) is 5.41 Å². The Morgan fingerprint density at radius 1 is 1.29 bits per heavy atom. The van der Waals surface area contributed by atoms with Gasteiger partial charge in [-0.15, -0.1) is 0 Å². The average molecular weight is 229 g/mol. The molecule has 3 N–H and O–H groups in total. The first-order valence-corrected chi connectivity index (χ1v) is 6.25. The summed E-state index contributed by atoms with van der Waals surface area (Å²) < 4.78 is 0. The Balaban J connectivity index is 2.37. The third-order valence-corrected chi connectivity index (χ3v) is 3.56. The molecular weight excluding hydrogens is 210 g/mol. The normalized spacial score (nSPS) is 16.6. The number of nitrogens with two attached hydrogens (primary N) is 1. The van der Waals surface area contributed by atoms with Crippen molar-refractivity contribution in [2.45, 2.75) is 44.9 Å². The summed E-state index contributed by atoms with van der Waals surface area (Å²) in [5, 5.41) is 8.28. The van der Waals surface area contributed by atoms with Gasteiger partial charge in [0.1, 0.15) is 0 Å². The maximum absolute atomic E-state index is 6.02. The minimum absolute atomic E-state index is 0.107. The van der Waals surface area contributed by atoms with Crippen molar-refractivity contribution in [3.8, 4) is 0 Å². The molecule has 1 aliphatic carbocycles. The van der Waals surface area contributed by atoms with Gasteiger partial charge in [0.2, 0.25) is 0 Å². The van der Waals surface area contributed by atoms with Crippen LogP contribution in [0, 0.1) is 0 Å². The van der Waals surface area contributed by atoms with Crippen LogP contribution in [-0.2, 0) is 5.41 Å². The van der Waals surface area contributed by atoms with Gasteiger partial charge in [-0.2, -0.15) is 5.10 Å². The molecular formula is C14H19N3. The van der Waals surface area contributed by atoms with Crippen molar-refractivity contribution in [3.05, 3.63) is 23.3 Å². The standard InChI is InChI=1S/C14H19N3/c1-14(2,3)12-9(8-4-5-8)6-7-10-11(12)13(15)17-16-10/h6-8H,4-5H2,1-3H3,(H3,15,16,17). The van der Waals surface area contributed by atoms with Gasteiger partial charge in [-0.05, 0) is 41.4 Å². The highest BCUT2D eigenvalue weighted by Crippen LogP contribution is 2.47. The molecule has 0 unspecified atom stereocenters. The number of benzene rings is 1. The van der Waals surface area contributed by atoms with Crippen LogP contribution in [0.1, 0.15) is 50.7 Å². The van der Waals surface area contributed by atoms with Crippen LogP contribution in [0.2, 0.25) is 0 Å². The highest BCUT2D eigenvalue weighted by atomic mass is 15.1. The summed E-state index contributed by atoms with van der Waals surface area (Å²) in [4.78, 5) is 0. The Hall–Kier alpha value is -1.51. The molecule has 1 aromatic carbocycles. The zero-order valence-corrected chi connectivity index (χ0v) is 10.7. The molecule has 1 saturated carbocycles. The summed E-state index contributed by atoms with van der Waals surface area (Å²) in [6, 6.07) is 4.36. The predicted octanol–water partition coefficient (Wildman–Crippen LogP) is 3.32. The van der Waals surface area contributed by atoms with E-state index in [0.29, 0.717) is 5.82 Å². The lowest BCUT2D eigenvalue weighted by Gasteiger charge is -2.24. The predicted molar refractivity (Wildman–Crippen MR) is 71.2 cm³/mol. The quantitative estimate of drug-likeness (QED) is 0.788. The van der Waals surface area contributed by atoms with E-state index in [0.717, 1.165) is 16.8 Å². The van der Waals surface area contributed by atoms with Crippen molar-refractivity contribution in [2.24, 2.45) is 0 Å². The number of anilines is 1. The van der Waals surface area contributed by atoms with E-state index in [9.17, 15) is 0 Å². The van der Waals surface area contributed by atoms with Crippen LogP contribution in [0.5, 0.6) is 0 Å². The maximum Gasteiger partial charge on any atom is 0.153 e. The van der Waals surface area contributed by atoms with Gasteiger partial charge in [0.15, 0.2) is 5.82 Å². The Bertz CT molecular complexity index is 571. The van der Waals surface area contributed by atoms with Crippen molar-refractivity contribution in [3.63, 3.8) is 0 Å². The van der Waals surface area contributed by atoms with Crippen LogP contribution in [0.15, 0.2) is 12.1 Å². The maximum atomic E-state index is 6.02. The van der Waals surface area contributed by atoms with Crippen molar-refractivity contribution < 1.29 is 0 Å². The average Bonchev–Trinajstić information content (AvgIpc) is 3.02. The molecule has 1 aromatic heterocycles. The molecule has 0 amide bonds. The fraction of sp³-hybridized carbons (Fsp3) is 0.500. The lowest BCUT2D eigenvalue weighted by atomic mass is 9.80. The van der Waals surface area contributed by atoms with E-state index < -0.39 is 0 Å². The lowest BCUT2D eigenvalue weighted by molar-refractivity contribution is 0.589. The Morgan fingerprint density at radius 2 is 2.00 bits per heavy atom. The van der Waals surface area contributed by atoms with Crippen molar-refractivity contribution in [2.75, 3.05) is 5.73 Å². The van der Waals surface area contributed by atoms with Crippen molar-refractivity contribution in [1.82, 2.24) is 10.2 Å². The fourth-order valence-electron chi connectivity index (χ4n) is 2.70. The molecule has 0 saturated heterocycles. The van der Waals surface area contributed by atoms with E-state index in [1.165, 1.54) is 24.0 Å². The minimum atomic E-state index is 0.107. The first-order chi connectivity index (χ1) is 7.98. The SMILES string of the molecule is CC(C)(C)c1c(C2CC2)ccc2[nH]nc(N)c12.